The lowest BCUT2D eigenvalue weighted by Gasteiger charge is -2.12. The average Bonchev–Trinajstić information content (AvgIpc) is 2.44. The number of nitrogens with one attached hydrogen (secondary N) is 3. The third-order valence-electron chi connectivity index (χ3n) is 2.33. The van der Waals surface area contributed by atoms with Crippen molar-refractivity contribution in [3.8, 4) is 5.75 Å². The highest BCUT2D eigenvalue weighted by atomic mass is 19.4. The molecule has 3 amide bonds. The molecule has 0 saturated carbocycles. The van der Waals surface area contributed by atoms with Crippen molar-refractivity contribution in [2.45, 2.75) is 13.1 Å². The van der Waals surface area contributed by atoms with Crippen LogP contribution in [0.5, 0.6) is 5.75 Å². The number of hydrogen-bond acceptors (Lipinski definition) is 3. The fourth-order valence-corrected chi connectivity index (χ4v) is 1.44. The van der Waals surface area contributed by atoms with Crippen molar-refractivity contribution in [1.29, 1.82) is 0 Å². The van der Waals surface area contributed by atoms with Gasteiger partial charge in [-0.25, -0.2) is 4.79 Å². The maximum atomic E-state index is 11.9. The van der Waals surface area contributed by atoms with Crippen LogP contribution in [-0.4, -0.2) is 37.8 Å². The summed E-state index contributed by atoms with van der Waals surface area (Å²) in [5, 5.41) is 6.24. The molecule has 1 aromatic rings. The molecule has 0 atom stereocenters. The fourth-order valence-electron chi connectivity index (χ4n) is 1.44. The van der Waals surface area contributed by atoms with Gasteiger partial charge in [-0.15, -0.1) is 0 Å². The number of ether oxygens (including phenoxy) is 1. The molecule has 0 radical (unpaired) electrons. The molecular weight excluding hydrogens is 303 g/mol. The zero-order chi connectivity index (χ0) is 16.6. The molecule has 122 valence electrons. The van der Waals surface area contributed by atoms with Crippen molar-refractivity contribution in [1.82, 2.24) is 10.6 Å². The topological polar surface area (TPSA) is 79.5 Å². The minimum atomic E-state index is -4.49. The molecule has 1 aromatic carbocycles. The van der Waals surface area contributed by atoms with Crippen molar-refractivity contribution in [2.24, 2.45) is 0 Å². The molecule has 0 aromatic heterocycles. The van der Waals surface area contributed by atoms with E-state index in [0.29, 0.717) is 18.0 Å². The van der Waals surface area contributed by atoms with Crippen molar-refractivity contribution < 1.29 is 27.5 Å². The zero-order valence-corrected chi connectivity index (χ0v) is 11.8. The van der Waals surface area contributed by atoms with E-state index in [1.165, 1.54) is 0 Å². The second kappa shape index (κ2) is 8.11. The largest absolute Gasteiger partial charge is 0.492 e. The van der Waals surface area contributed by atoms with E-state index in [1.54, 1.807) is 36.5 Å². The molecule has 1 rings (SSSR count). The van der Waals surface area contributed by atoms with E-state index in [1.807, 2.05) is 0 Å². The number of para-hydroxylation sites is 2. The fraction of sp³-hybridized carbons (Fsp3) is 0.385. The Balaban J connectivity index is 2.42. The second-order valence-electron chi connectivity index (χ2n) is 4.13. The lowest BCUT2D eigenvalue weighted by molar-refractivity contribution is -0.137. The highest BCUT2D eigenvalue weighted by Gasteiger charge is 2.27. The van der Waals surface area contributed by atoms with Crippen LogP contribution in [0.15, 0.2) is 24.3 Å². The first-order valence-corrected chi connectivity index (χ1v) is 6.42. The van der Waals surface area contributed by atoms with Crippen LogP contribution >= 0.6 is 0 Å². The van der Waals surface area contributed by atoms with Crippen LogP contribution < -0.4 is 20.7 Å². The van der Waals surface area contributed by atoms with E-state index in [-0.39, 0.29) is 0 Å². The highest BCUT2D eigenvalue weighted by Crippen LogP contribution is 2.23. The molecule has 0 aliphatic heterocycles. The maximum absolute atomic E-state index is 11.9. The number of amides is 3. The van der Waals surface area contributed by atoms with Crippen LogP contribution in [0.3, 0.4) is 0 Å². The number of rotatable bonds is 6. The molecule has 0 fully saturated rings. The summed E-state index contributed by atoms with van der Waals surface area (Å²) in [5.41, 5.74) is 0.387. The highest BCUT2D eigenvalue weighted by molar-refractivity contribution is 5.93. The van der Waals surface area contributed by atoms with Gasteiger partial charge in [-0.2, -0.15) is 13.2 Å². The molecule has 3 N–H and O–H groups in total. The van der Waals surface area contributed by atoms with E-state index < -0.39 is 31.2 Å². The van der Waals surface area contributed by atoms with Crippen LogP contribution in [0.1, 0.15) is 6.92 Å². The van der Waals surface area contributed by atoms with Crippen molar-refractivity contribution in [3.63, 3.8) is 0 Å². The SMILES string of the molecule is CCOc1ccccc1NC(=O)NCC(=O)NCC(F)(F)F. The van der Waals surface area contributed by atoms with Gasteiger partial charge in [0.2, 0.25) is 5.91 Å². The standard InChI is InChI=1S/C13H16F3N3O3/c1-2-22-10-6-4-3-5-9(10)19-12(21)17-7-11(20)18-8-13(14,15)16/h3-6H,2,7-8H2,1H3,(H,18,20)(H2,17,19,21). The second-order valence-corrected chi connectivity index (χ2v) is 4.13. The van der Waals surface area contributed by atoms with Crippen LogP contribution in [0.25, 0.3) is 0 Å². The molecule has 9 heteroatoms. The van der Waals surface area contributed by atoms with E-state index in [2.05, 4.69) is 10.6 Å². The molecule has 0 heterocycles. The summed E-state index contributed by atoms with van der Waals surface area (Å²) in [6.45, 7) is 0.170. The molecule has 0 saturated heterocycles. The van der Waals surface area contributed by atoms with Crippen molar-refractivity contribution in [3.05, 3.63) is 24.3 Å². The molecular formula is C13H16F3N3O3. The summed E-state index contributed by atoms with van der Waals surface area (Å²) < 4.78 is 41.0. The third-order valence-corrected chi connectivity index (χ3v) is 2.33. The lowest BCUT2D eigenvalue weighted by atomic mass is 10.3. The predicted octanol–water partition coefficient (Wildman–Crippen LogP) is 1.89. The minimum absolute atomic E-state index is 0.387. The van der Waals surface area contributed by atoms with E-state index >= 15 is 0 Å². The zero-order valence-electron chi connectivity index (χ0n) is 11.8. The number of hydrogen-bond donors (Lipinski definition) is 3. The number of benzene rings is 1. The van der Waals surface area contributed by atoms with Gasteiger partial charge in [0.1, 0.15) is 12.3 Å². The first-order valence-electron chi connectivity index (χ1n) is 6.42. The van der Waals surface area contributed by atoms with E-state index in [9.17, 15) is 22.8 Å². The number of carbonyl (C=O) groups excluding carboxylic acids is 2. The Bertz CT molecular complexity index is 521. The number of alkyl halides is 3. The van der Waals surface area contributed by atoms with Gasteiger partial charge in [-0.05, 0) is 19.1 Å². The minimum Gasteiger partial charge on any atom is -0.492 e. The quantitative estimate of drug-likeness (QED) is 0.749. The van der Waals surface area contributed by atoms with Gasteiger partial charge in [-0.3, -0.25) is 4.79 Å². The lowest BCUT2D eigenvalue weighted by Crippen LogP contribution is -2.42. The summed E-state index contributed by atoms with van der Waals surface area (Å²) in [4.78, 5) is 22.7. The normalized spacial score (nSPS) is 10.7. The van der Waals surface area contributed by atoms with Gasteiger partial charge in [0.05, 0.1) is 18.8 Å². The van der Waals surface area contributed by atoms with Crippen LogP contribution in [0.4, 0.5) is 23.7 Å². The van der Waals surface area contributed by atoms with E-state index in [0.717, 1.165) is 0 Å². The molecule has 0 spiro atoms. The Morgan fingerprint density at radius 3 is 2.50 bits per heavy atom. The van der Waals surface area contributed by atoms with Crippen LogP contribution in [-0.2, 0) is 4.79 Å². The van der Waals surface area contributed by atoms with E-state index in [4.69, 9.17) is 4.74 Å². The molecule has 22 heavy (non-hydrogen) atoms. The van der Waals surface area contributed by atoms with Crippen LogP contribution in [0, 0.1) is 0 Å². The van der Waals surface area contributed by atoms with Crippen molar-refractivity contribution in [2.75, 3.05) is 25.0 Å². The number of urea groups is 1. The average molecular weight is 319 g/mol. The van der Waals surface area contributed by atoms with Crippen LogP contribution in [0.2, 0.25) is 0 Å². The Morgan fingerprint density at radius 1 is 1.18 bits per heavy atom. The number of carbonyl (C=O) groups is 2. The molecule has 6 nitrogen and oxygen atoms in total. The number of halogens is 3. The Labute approximate surface area is 125 Å². The molecule has 0 aliphatic carbocycles. The van der Waals surface area contributed by atoms with Gasteiger partial charge in [0, 0.05) is 0 Å². The third kappa shape index (κ3) is 6.82. The molecule has 0 unspecified atom stereocenters. The number of anilines is 1. The van der Waals surface area contributed by atoms with Crippen molar-refractivity contribution >= 4 is 17.6 Å². The molecule has 0 bridgehead atoms. The summed E-state index contributed by atoms with van der Waals surface area (Å²) >= 11 is 0. The Hall–Kier alpha value is -2.45. The first kappa shape index (κ1) is 17.6. The summed E-state index contributed by atoms with van der Waals surface area (Å²) in [7, 11) is 0. The predicted molar refractivity (Wildman–Crippen MR) is 73.7 cm³/mol. The Kier molecular flexibility index (Phi) is 6.48. The summed E-state index contributed by atoms with van der Waals surface area (Å²) in [6.07, 6.45) is -4.49. The van der Waals surface area contributed by atoms with Gasteiger partial charge >= 0.3 is 12.2 Å². The molecule has 0 aliphatic rings. The monoisotopic (exact) mass is 319 g/mol. The summed E-state index contributed by atoms with van der Waals surface area (Å²) in [6, 6.07) is 5.91. The smallest absolute Gasteiger partial charge is 0.405 e. The van der Waals surface area contributed by atoms with Gasteiger partial charge in [0.25, 0.3) is 0 Å². The maximum Gasteiger partial charge on any atom is 0.405 e. The Morgan fingerprint density at radius 2 is 1.86 bits per heavy atom. The van der Waals surface area contributed by atoms with Gasteiger partial charge in [-0.1, -0.05) is 12.1 Å². The van der Waals surface area contributed by atoms with Gasteiger partial charge in [0.15, 0.2) is 0 Å². The summed E-state index contributed by atoms with van der Waals surface area (Å²) in [5.74, 6) is -0.493. The first-order chi connectivity index (χ1) is 10.3. The van der Waals surface area contributed by atoms with Gasteiger partial charge < -0.3 is 20.7 Å².